The monoisotopic (exact) mass is 647 g/mol. The minimum atomic E-state index is -0.456. The van der Waals surface area contributed by atoms with E-state index in [9.17, 15) is 20.0 Å². The first-order chi connectivity index (χ1) is 20.7. The Morgan fingerprint density at radius 1 is 1.12 bits per heavy atom. The first-order valence-electron chi connectivity index (χ1n) is 14.7. The van der Waals surface area contributed by atoms with Gasteiger partial charge in [0.25, 0.3) is 0 Å². The fourth-order valence-electron chi connectivity index (χ4n) is 8.99. The summed E-state index contributed by atoms with van der Waals surface area (Å²) in [7, 11) is 0. The van der Waals surface area contributed by atoms with Gasteiger partial charge in [0.1, 0.15) is 10.2 Å². The van der Waals surface area contributed by atoms with Crippen LogP contribution in [0.3, 0.4) is 0 Å². The zero-order valence-electron chi connectivity index (χ0n) is 23.3. The fourth-order valence-corrected chi connectivity index (χ4v) is 9.41. The molecule has 2 aromatic carbocycles. The van der Waals surface area contributed by atoms with E-state index in [1.54, 1.807) is 23.3 Å². The molecule has 4 saturated carbocycles. The smallest absolute Gasteiger partial charge is 0.404 e. The number of carbonyl (C=O) groups is 1. The zero-order valence-corrected chi connectivity index (χ0v) is 24.9. The summed E-state index contributed by atoms with van der Waals surface area (Å²) in [5.74, 6) is 2.09. The summed E-state index contributed by atoms with van der Waals surface area (Å²) in [6, 6.07) is 12.3. The van der Waals surface area contributed by atoms with E-state index in [0.29, 0.717) is 46.2 Å². The predicted octanol–water partition coefficient (Wildman–Crippen LogP) is 6.05. The Morgan fingerprint density at radius 2 is 1.88 bits per heavy atom. The van der Waals surface area contributed by atoms with Crippen LogP contribution in [0.4, 0.5) is 5.82 Å². The number of hydrogen-bond acceptors (Lipinski definition) is 8. The topological polar surface area (TPSA) is 132 Å². The summed E-state index contributed by atoms with van der Waals surface area (Å²) in [6.07, 6.45) is 8.14. The molecular weight excluding hydrogens is 618 g/mol. The number of carbonyl (C=O) groups excluding carboxylic acids is 1. The molecule has 3 aromatic rings. The predicted molar refractivity (Wildman–Crippen MR) is 158 cm³/mol. The summed E-state index contributed by atoms with van der Waals surface area (Å²) in [4.78, 5) is 25.5. The number of nitro groups is 1. The van der Waals surface area contributed by atoms with Crippen LogP contribution in [0.15, 0.2) is 58.2 Å². The first kappa shape index (κ1) is 26.7. The van der Waals surface area contributed by atoms with Crippen LogP contribution in [0.25, 0.3) is 0 Å². The van der Waals surface area contributed by atoms with E-state index < -0.39 is 11.0 Å². The number of phenolic OH excluding ortho intramolecular Hbond substituents is 1. The molecule has 0 spiro atoms. The van der Waals surface area contributed by atoms with Crippen molar-refractivity contribution in [2.24, 2.45) is 22.4 Å². The SMILES string of the molecule is O=C(CC12C[C@H]3C[C@@H](C1)CC(n1cc(Br)c([N+](=O)[O-])n1)(C3)C2)N1N=C(c2ccc3c(c2)OCO3)C[C@H]1c1ccccc1O. The second kappa shape index (κ2) is 9.54. The number of hydrazone groups is 1. The van der Waals surface area contributed by atoms with Crippen molar-refractivity contribution in [3.05, 3.63) is 74.4 Å². The summed E-state index contributed by atoms with van der Waals surface area (Å²) < 4.78 is 13.3. The van der Waals surface area contributed by atoms with Gasteiger partial charge in [0.2, 0.25) is 12.7 Å². The van der Waals surface area contributed by atoms with E-state index in [1.165, 1.54) is 0 Å². The molecule has 11 nitrogen and oxygen atoms in total. The third-order valence-electron chi connectivity index (χ3n) is 10.2. The van der Waals surface area contributed by atoms with Crippen LogP contribution in [0.2, 0.25) is 0 Å². The van der Waals surface area contributed by atoms with Crippen molar-refractivity contribution in [1.29, 1.82) is 0 Å². The van der Waals surface area contributed by atoms with Gasteiger partial charge in [0.05, 0.1) is 28.6 Å². The summed E-state index contributed by atoms with van der Waals surface area (Å²) in [5.41, 5.74) is 1.67. The van der Waals surface area contributed by atoms with Gasteiger partial charge in [-0.15, -0.1) is 0 Å². The van der Waals surface area contributed by atoms with Crippen molar-refractivity contribution in [2.75, 3.05) is 6.79 Å². The van der Waals surface area contributed by atoms with Crippen LogP contribution in [-0.2, 0) is 10.3 Å². The molecule has 4 fully saturated rings. The van der Waals surface area contributed by atoms with Crippen LogP contribution in [-0.4, -0.2) is 43.2 Å². The second-order valence-electron chi connectivity index (χ2n) is 13.0. The number of ether oxygens (including phenoxy) is 2. The highest BCUT2D eigenvalue weighted by Crippen LogP contribution is 2.65. The minimum absolute atomic E-state index is 0.0753. The standard InChI is InChI=1S/C31H30BrN5O6/c32-22-15-35(34-29(22)37(40)41)31-12-18-7-19(13-31)11-30(10-18,16-31)14-28(39)36-24(21-3-1-2-4-25(21)38)9-23(33-36)20-5-6-26-27(8-20)43-17-42-26/h1-6,8,15,18-19,24,38H,7,9-14,16-17H2/t18-,19+,24-,30?,31?/m0/s1. The van der Waals surface area contributed by atoms with E-state index in [2.05, 4.69) is 21.0 Å². The molecule has 1 N–H and O–H groups in total. The van der Waals surface area contributed by atoms with Crippen LogP contribution in [0, 0.1) is 27.4 Å². The van der Waals surface area contributed by atoms with Crippen molar-refractivity contribution < 1.29 is 24.3 Å². The average molecular weight is 649 g/mol. The maximum absolute atomic E-state index is 14.4. The lowest BCUT2D eigenvalue weighted by molar-refractivity contribution is -0.390. The number of phenols is 1. The maximum Gasteiger partial charge on any atom is 0.404 e. The van der Waals surface area contributed by atoms with E-state index in [1.807, 2.05) is 35.0 Å². The van der Waals surface area contributed by atoms with E-state index in [0.717, 1.165) is 49.8 Å². The number of amides is 1. The number of aromatic nitrogens is 2. The van der Waals surface area contributed by atoms with Crippen molar-refractivity contribution in [3.63, 3.8) is 0 Å². The second-order valence-corrected chi connectivity index (χ2v) is 13.9. The van der Waals surface area contributed by atoms with Crippen LogP contribution in [0.5, 0.6) is 17.2 Å². The Kier molecular flexibility index (Phi) is 5.92. The van der Waals surface area contributed by atoms with Gasteiger partial charge in [-0.1, -0.05) is 18.2 Å². The van der Waals surface area contributed by atoms with Crippen molar-refractivity contribution in [1.82, 2.24) is 14.8 Å². The number of nitrogens with zero attached hydrogens (tertiary/aromatic N) is 5. The number of benzene rings is 2. The molecule has 2 aliphatic heterocycles. The molecule has 1 aromatic heterocycles. The molecule has 0 saturated heterocycles. The summed E-state index contributed by atoms with van der Waals surface area (Å²) >= 11 is 3.34. The first-order valence-corrected chi connectivity index (χ1v) is 15.5. The fraction of sp³-hybridized carbons (Fsp3) is 0.452. The van der Waals surface area contributed by atoms with Crippen molar-refractivity contribution >= 4 is 33.4 Å². The lowest BCUT2D eigenvalue weighted by atomic mass is 9.46. The Labute approximate surface area is 255 Å². The molecule has 2 unspecified atom stereocenters. The third-order valence-corrected chi connectivity index (χ3v) is 10.7. The quantitative estimate of drug-likeness (QED) is 0.254. The average Bonchev–Trinajstić information content (AvgIpc) is 3.70. The van der Waals surface area contributed by atoms with Gasteiger partial charge in [-0.05, 0) is 101 Å². The maximum atomic E-state index is 14.4. The number of aromatic hydroxyl groups is 1. The van der Waals surface area contributed by atoms with Gasteiger partial charge in [-0.25, -0.2) is 5.01 Å². The van der Waals surface area contributed by atoms with Gasteiger partial charge >= 0.3 is 5.82 Å². The highest BCUT2D eigenvalue weighted by Gasteiger charge is 2.61. The molecule has 4 bridgehead atoms. The van der Waals surface area contributed by atoms with Crippen LogP contribution < -0.4 is 9.47 Å². The van der Waals surface area contributed by atoms with Gasteiger partial charge in [-0.2, -0.15) is 9.78 Å². The van der Waals surface area contributed by atoms with Gasteiger partial charge in [0, 0.05) is 24.0 Å². The molecule has 6 aliphatic rings. The molecule has 3 heterocycles. The number of fused-ring (bicyclic) bond motifs is 1. The molecular formula is C31H30BrN5O6. The van der Waals surface area contributed by atoms with Gasteiger partial charge in [0.15, 0.2) is 11.5 Å². The number of halogens is 1. The molecule has 9 rings (SSSR count). The van der Waals surface area contributed by atoms with Crippen LogP contribution in [0.1, 0.15) is 68.5 Å². The van der Waals surface area contributed by atoms with E-state index in [-0.39, 0.29) is 35.2 Å². The highest BCUT2D eigenvalue weighted by molar-refractivity contribution is 9.10. The van der Waals surface area contributed by atoms with Crippen molar-refractivity contribution in [3.8, 4) is 17.2 Å². The Morgan fingerprint density at radius 3 is 2.63 bits per heavy atom. The van der Waals surface area contributed by atoms with Crippen molar-refractivity contribution in [2.45, 2.75) is 62.9 Å². The summed E-state index contributed by atoms with van der Waals surface area (Å²) in [6.45, 7) is 0.171. The number of para-hydroxylation sites is 1. The van der Waals surface area contributed by atoms with E-state index in [4.69, 9.17) is 14.6 Å². The molecule has 0 radical (unpaired) electrons. The molecule has 5 atom stereocenters. The zero-order chi connectivity index (χ0) is 29.5. The largest absolute Gasteiger partial charge is 0.508 e. The van der Waals surface area contributed by atoms with Gasteiger partial charge in [-0.3, -0.25) is 4.79 Å². The Bertz CT molecular complexity index is 1690. The molecule has 12 heteroatoms. The third kappa shape index (κ3) is 4.32. The Balaban J connectivity index is 1.12. The highest BCUT2D eigenvalue weighted by atomic mass is 79.9. The number of hydrogen-bond donors (Lipinski definition) is 1. The number of rotatable bonds is 6. The van der Waals surface area contributed by atoms with Crippen LogP contribution >= 0.6 is 15.9 Å². The lowest BCUT2D eigenvalue weighted by Crippen LogP contribution is -2.57. The molecule has 222 valence electrons. The lowest BCUT2D eigenvalue weighted by Gasteiger charge is -2.61. The molecule has 43 heavy (non-hydrogen) atoms. The van der Waals surface area contributed by atoms with E-state index >= 15 is 0 Å². The minimum Gasteiger partial charge on any atom is -0.508 e. The van der Waals surface area contributed by atoms with Gasteiger partial charge < -0.3 is 24.7 Å². The Hall–Kier alpha value is -3.93. The summed E-state index contributed by atoms with van der Waals surface area (Å²) in [5, 5.41) is 33.3. The normalized spacial score (nSPS) is 30.1. The molecule has 4 aliphatic carbocycles. The molecule has 1 amide bonds.